The van der Waals surface area contributed by atoms with Crippen molar-refractivity contribution in [3.05, 3.63) is 6.92 Å². The van der Waals surface area contributed by atoms with Crippen LogP contribution in [0.25, 0.3) is 0 Å². The highest BCUT2D eigenvalue weighted by molar-refractivity contribution is 5.78. The molecule has 0 fully saturated rings. The van der Waals surface area contributed by atoms with Gasteiger partial charge in [0.1, 0.15) is 6.10 Å². The summed E-state index contributed by atoms with van der Waals surface area (Å²) in [5, 5.41) is 0. The summed E-state index contributed by atoms with van der Waals surface area (Å²) in [6.07, 6.45) is -0.124. The Morgan fingerprint density at radius 2 is 2.50 bits per heavy atom. The standard InChI is InChI=1S/C5H10NO2/c1-3-4(8-2)5(6)7/h4H,1,3H2,2H3,(H2,6,7). The highest BCUT2D eigenvalue weighted by Crippen LogP contribution is 1.91. The Hall–Kier alpha value is -0.570. The van der Waals surface area contributed by atoms with Gasteiger partial charge < -0.3 is 10.5 Å². The molecule has 0 bridgehead atoms. The molecule has 3 heteroatoms. The van der Waals surface area contributed by atoms with Crippen molar-refractivity contribution >= 4 is 5.91 Å². The molecule has 0 aliphatic heterocycles. The first kappa shape index (κ1) is 7.43. The molecule has 0 aliphatic rings. The summed E-state index contributed by atoms with van der Waals surface area (Å²) in [6, 6.07) is 0. The van der Waals surface area contributed by atoms with Crippen LogP contribution in [0.1, 0.15) is 6.42 Å². The minimum absolute atomic E-state index is 0.395. The topological polar surface area (TPSA) is 52.3 Å². The molecule has 0 spiro atoms. The van der Waals surface area contributed by atoms with Gasteiger partial charge in [0.2, 0.25) is 5.91 Å². The number of carbonyl (C=O) groups excluding carboxylic acids is 1. The molecule has 0 aromatic rings. The second-order valence-electron chi connectivity index (χ2n) is 1.42. The Morgan fingerprint density at radius 1 is 2.00 bits per heavy atom. The fourth-order valence-corrected chi connectivity index (χ4v) is 0.376. The second kappa shape index (κ2) is 3.43. The molecule has 1 unspecified atom stereocenters. The van der Waals surface area contributed by atoms with E-state index in [9.17, 15) is 4.79 Å². The maximum Gasteiger partial charge on any atom is 0.246 e. The Labute approximate surface area is 48.8 Å². The Kier molecular flexibility index (Phi) is 3.19. The van der Waals surface area contributed by atoms with Crippen LogP contribution < -0.4 is 5.73 Å². The summed E-state index contributed by atoms with van der Waals surface area (Å²) in [7, 11) is 1.43. The number of hydrogen-bond acceptors (Lipinski definition) is 2. The lowest BCUT2D eigenvalue weighted by molar-refractivity contribution is -0.127. The fraction of sp³-hybridized carbons (Fsp3) is 0.600. The molecular formula is C5H10NO2. The van der Waals surface area contributed by atoms with Gasteiger partial charge in [-0.2, -0.15) is 0 Å². The molecule has 0 aromatic heterocycles. The second-order valence-corrected chi connectivity index (χ2v) is 1.42. The third-order valence-electron chi connectivity index (χ3n) is 0.864. The average molecular weight is 116 g/mol. The first-order valence-electron chi connectivity index (χ1n) is 2.33. The number of hydrogen-bond donors (Lipinski definition) is 1. The van der Waals surface area contributed by atoms with Crippen molar-refractivity contribution in [2.45, 2.75) is 12.5 Å². The lowest BCUT2D eigenvalue weighted by Gasteiger charge is -2.05. The largest absolute Gasteiger partial charge is 0.372 e. The first-order chi connectivity index (χ1) is 3.72. The van der Waals surface area contributed by atoms with Gasteiger partial charge in [-0.3, -0.25) is 4.79 Å². The van der Waals surface area contributed by atoms with E-state index in [4.69, 9.17) is 5.73 Å². The molecule has 0 rings (SSSR count). The van der Waals surface area contributed by atoms with Crippen LogP contribution in [0.15, 0.2) is 0 Å². The minimum atomic E-state index is -0.519. The molecule has 0 heterocycles. The fourth-order valence-electron chi connectivity index (χ4n) is 0.376. The number of amides is 1. The summed E-state index contributed by atoms with van der Waals surface area (Å²) in [4.78, 5) is 10.2. The van der Waals surface area contributed by atoms with Gasteiger partial charge in [-0.05, 0) is 6.42 Å². The lowest BCUT2D eigenvalue weighted by Crippen LogP contribution is -2.29. The number of primary amides is 1. The molecule has 0 aromatic carbocycles. The molecule has 1 radical (unpaired) electrons. The van der Waals surface area contributed by atoms with Crippen molar-refractivity contribution < 1.29 is 9.53 Å². The van der Waals surface area contributed by atoms with Crippen molar-refractivity contribution in [1.29, 1.82) is 0 Å². The molecular weight excluding hydrogens is 106 g/mol. The third kappa shape index (κ3) is 1.93. The van der Waals surface area contributed by atoms with E-state index in [0.717, 1.165) is 0 Å². The number of rotatable bonds is 3. The highest BCUT2D eigenvalue weighted by atomic mass is 16.5. The van der Waals surface area contributed by atoms with E-state index in [0.29, 0.717) is 6.42 Å². The summed E-state index contributed by atoms with van der Waals surface area (Å²) in [5.74, 6) is -0.456. The summed E-state index contributed by atoms with van der Waals surface area (Å²) < 4.78 is 4.62. The van der Waals surface area contributed by atoms with Crippen LogP contribution in [0.4, 0.5) is 0 Å². The van der Waals surface area contributed by atoms with E-state index in [2.05, 4.69) is 11.7 Å². The SMILES string of the molecule is [CH2]CC(OC)C(N)=O. The minimum Gasteiger partial charge on any atom is -0.372 e. The van der Waals surface area contributed by atoms with Crippen molar-refractivity contribution in [2.24, 2.45) is 5.73 Å². The van der Waals surface area contributed by atoms with E-state index in [1.807, 2.05) is 0 Å². The van der Waals surface area contributed by atoms with Crippen LogP contribution in [0, 0.1) is 6.92 Å². The molecule has 47 valence electrons. The van der Waals surface area contributed by atoms with Gasteiger partial charge in [0.15, 0.2) is 0 Å². The van der Waals surface area contributed by atoms with E-state index in [1.165, 1.54) is 7.11 Å². The molecule has 3 nitrogen and oxygen atoms in total. The maximum absolute atomic E-state index is 10.2. The van der Waals surface area contributed by atoms with Crippen molar-refractivity contribution in [2.75, 3.05) is 7.11 Å². The quantitative estimate of drug-likeness (QED) is 0.551. The summed E-state index contributed by atoms with van der Waals surface area (Å²) in [5.41, 5.74) is 4.85. The van der Waals surface area contributed by atoms with Gasteiger partial charge in [-0.15, -0.1) is 0 Å². The number of methoxy groups -OCH3 is 1. The molecule has 1 amide bonds. The molecule has 0 aliphatic carbocycles. The number of ether oxygens (including phenoxy) is 1. The third-order valence-corrected chi connectivity index (χ3v) is 0.864. The van der Waals surface area contributed by atoms with Gasteiger partial charge in [-0.1, -0.05) is 6.92 Å². The Bertz CT molecular complexity index is 78.5. The van der Waals surface area contributed by atoms with Gasteiger partial charge in [0.25, 0.3) is 0 Å². The predicted molar refractivity (Wildman–Crippen MR) is 30.0 cm³/mol. The van der Waals surface area contributed by atoms with Crippen LogP contribution >= 0.6 is 0 Å². The predicted octanol–water partition coefficient (Wildman–Crippen LogP) is -0.289. The lowest BCUT2D eigenvalue weighted by atomic mass is 10.3. The van der Waals surface area contributed by atoms with Crippen molar-refractivity contribution in [1.82, 2.24) is 0 Å². The monoisotopic (exact) mass is 116 g/mol. The molecule has 2 N–H and O–H groups in total. The zero-order chi connectivity index (χ0) is 6.57. The van der Waals surface area contributed by atoms with Crippen LogP contribution in [0.3, 0.4) is 0 Å². The van der Waals surface area contributed by atoms with E-state index in [-0.39, 0.29) is 0 Å². The van der Waals surface area contributed by atoms with Crippen LogP contribution in [-0.4, -0.2) is 19.1 Å². The van der Waals surface area contributed by atoms with Crippen molar-refractivity contribution in [3.63, 3.8) is 0 Å². The van der Waals surface area contributed by atoms with Gasteiger partial charge in [-0.25, -0.2) is 0 Å². The molecule has 0 saturated heterocycles. The van der Waals surface area contributed by atoms with E-state index < -0.39 is 12.0 Å². The van der Waals surface area contributed by atoms with Crippen LogP contribution in [-0.2, 0) is 9.53 Å². The zero-order valence-corrected chi connectivity index (χ0v) is 4.89. The van der Waals surface area contributed by atoms with E-state index >= 15 is 0 Å². The number of nitrogens with two attached hydrogens (primary N) is 1. The highest BCUT2D eigenvalue weighted by Gasteiger charge is 2.08. The first-order valence-corrected chi connectivity index (χ1v) is 2.33. The Morgan fingerprint density at radius 3 is 2.50 bits per heavy atom. The molecule has 0 saturated carbocycles. The van der Waals surface area contributed by atoms with Gasteiger partial charge in [0.05, 0.1) is 0 Å². The molecule has 8 heavy (non-hydrogen) atoms. The summed E-state index contributed by atoms with van der Waals surface area (Å²) in [6.45, 7) is 3.45. The van der Waals surface area contributed by atoms with Crippen molar-refractivity contribution in [3.8, 4) is 0 Å². The average Bonchev–Trinajstić information content (AvgIpc) is 1.69. The Balaban J connectivity index is 3.52. The molecule has 1 atom stereocenters. The maximum atomic E-state index is 10.2. The van der Waals surface area contributed by atoms with E-state index in [1.54, 1.807) is 0 Å². The smallest absolute Gasteiger partial charge is 0.246 e. The number of carbonyl (C=O) groups is 1. The van der Waals surface area contributed by atoms with Gasteiger partial charge in [0, 0.05) is 7.11 Å². The normalized spacial score (nSPS) is 13.2. The van der Waals surface area contributed by atoms with Gasteiger partial charge >= 0.3 is 0 Å². The summed E-state index contributed by atoms with van der Waals surface area (Å²) >= 11 is 0. The van der Waals surface area contributed by atoms with Crippen LogP contribution in [0.5, 0.6) is 0 Å². The van der Waals surface area contributed by atoms with Crippen LogP contribution in [0.2, 0.25) is 0 Å². The zero-order valence-electron chi connectivity index (χ0n) is 4.89.